The van der Waals surface area contributed by atoms with Crippen LogP contribution in [-0.2, 0) is 11.2 Å². The standard InChI is InChI=1S/C24H22N2O2S/c1-3-16-9-12-18(13-10-16)25-24-26-23(27)22(29-24)15-17-11-14-21(28-4-2)20-8-6-5-7-19(17)20/h5-15H,3-4H2,1-2H3,(H,25,26,27)/b22-15-. The molecular weight excluding hydrogens is 380 g/mol. The van der Waals surface area contributed by atoms with Gasteiger partial charge in [-0.1, -0.05) is 49.4 Å². The Balaban J connectivity index is 1.64. The van der Waals surface area contributed by atoms with Gasteiger partial charge in [-0.25, -0.2) is 4.99 Å². The van der Waals surface area contributed by atoms with Crippen LogP contribution in [0.25, 0.3) is 16.8 Å². The number of nitrogens with zero attached hydrogens (tertiary/aromatic N) is 1. The van der Waals surface area contributed by atoms with Crippen LogP contribution in [0.3, 0.4) is 0 Å². The van der Waals surface area contributed by atoms with Crippen LogP contribution in [0, 0.1) is 0 Å². The zero-order valence-electron chi connectivity index (χ0n) is 16.4. The van der Waals surface area contributed by atoms with E-state index in [0.29, 0.717) is 16.7 Å². The number of carbonyl (C=O) groups excluding carboxylic acids is 1. The molecule has 0 spiro atoms. The lowest BCUT2D eigenvalue weighted by Gasteiger charge is -2.09. The van der Waals surface area contributed by atoms with Crippen molar-refractivity contribution in [2.45, 2.75) is 20.3 Å². The van der Waals surface area contributed by atoms with Gasteiger partial charge in [0.1, 0.15) is 5.75 Å². The van der Waals surface area contributed by atoms with Crippen molar-refractivity contribution in [1.29, 1.82) is 0 Å². The number of amidine groups is 1. The number of nitrogens with one attached hydrogen (secondary N) is 1. The second kappa shape index (κ2) is 8.53. The minimum Gasteiger partial charge on any atom is -0.493 e. The average molecular weight is 403 g/mol. The molecule has 0 radical (unpaired) electrons. The molecule has 1 N–H and O–H groups in total. The molecule has 1 fully saturated rings. The summed E-state index contributed by atoms with van der Waals surface area (Å²) in [4.78, 5) is 17.7. The van der Waals surface area contributed by atoms with Crippen molar-refractivity contribution in [2.24, 2.45) is 4.99 Å². The predicted molar refractivity (Wildman–Crippen MR) is 122 cm³/mol. The topological polar surface area (TPSA) is 50.7 Å². The van der Waals surface area contributed by atoms with Gasteiger partial charge in [0.25, 0.3) is 5.91 Å². The number of thioether (sulfide) groups is 1. The number of carbonyl (C=O) groups is 1. The molecule has 4 nitrogen and oxygen atoms in total. The highest BCUT2D eigenvalue weighted by Crippen LogP contribution is 2.33. The summed E-state index contributed by atoms with van der Waals surface area (Å²) in [6, 6.07) is 20.1. The van der Waals surface area contributed by atoms with E-state index in [-0.39, 0.29) is 5.91 Å². The van der Waals surface area contributed by atoms with Gasteiger partial charge >= 0.3 is 0 Å². The molecule has 0 atom stereocenters. The van der Waals surface area contributed by atoms with Crippen LogP contribution in [0.2, 0.25) is 0 Å². The highest BCUT2D eigenvalue weighted by atomic mass is 32.2. The Morgan fingerprint density at radius 1 is 1.00 bits per heavy atom. The Labute approximate surface area is 174 Å². The number of benzene rings is 3. The van der Waals surface area contributed by atoms with Crippen molar-refractivity contribution < 1.29 is 9.53 Å². The largest absolute Gasteiger partial charge is 0.493 e. The van der Waals surface area contributed by atoms with Crippen molar-refractivity contribution in [2.75, 3.05) is 6.61 Å². The third kappa shape index (κ3) is 4.20. The van der Waals surface area contributed by atoms with Crippen LogP contribution >= 0.6 is 11.8 Å². The molecule has 0 bridgehead atoms. The number of fused-ring (bicyclic) bond motifs is 1. The quantitative estimate of drug-likeness (QED) is 0.558. The monoisotopic (exact) mass is 402 g/mol. The first kappa shape index (κ1) is 19.3. The van der Waals surface area contributed by atoms with E-state index in [0.717, 1.165) is 34.2 Å². The Morgan fingerprint density at radius 3 is 2.48 bits per heavy atom. The lowest BCUT2D eigenvalue weighted by molar-refractivity contribution is -0.115. The van der Waals surface area contributed by atoms with Crippen molar-refractivity contribution in [1.82, 2.24) is 5.32 Å². The molecule has 1 heterocycles. The minimum absolute atomic E-state index is 0.128. The van der Waals surface area contributed by atoms with Crippen LogP contribution in [-0.4, -0.2) is 17.7 Å². The summed E-state index contributed by atoms with van der Waals surface area (Å²) in [6.07, 6.45) is 2.91. The molecule has 5 heteroatoms. The first-order valence-corrected chi connectivity index (χ1v) is 10.5. The molecular formula is C24H22N2O2S. The normalized spacial score (nSPS) is 16.6. The van der Waals surface area contributed by atoms with Crippen LogP contribution in [0.15, 0.2) is 70.6 Å². The Kier molecular flexibility index (Phi) is 5.67. The summed E-state index contributed by atoms with van der Waals surface area (Å²) in [5.74, 6) is 0.725. The van der Waals surface area contributed by atoms with E-state index < -0.39 is 0 Å². The van der Waals surface area contributed by atoms with Crippen molar-refractivity contribution in [3.8, 4) is 5.75 Å². The van der Waals surface area contributed by atoms with Crippen LogP contribution in [0.4, 0.5) is 5.69 Å². The van der Waals surface area contributed by atoms with Crippen LogP contribution < -0.4 is 10.1 Å². The molecule has 0 saturated carbocycles. The third-order valence-electron chi connectivity index (χ3n) is 4.73. The maximum atomic E-state index is 12.5. The third-order valence-corrected chi connectivity index (χ3v) is 5.64. The molecule has 1 aliphatic rings. The molecule has 3 aromatic rings. The van der Waals surface area contributed by atoms with E-state index in [1.807, 2.05) is 61.5 Å². The van der Waals surface area contributed by atoms with Gasteiger partial charge in [0.15, 0.2) is 5.17 Å². The fourth-order valence-corrected chi connectivity index (χ4v) is 4.08. The average Bonchev–Trinajstić information content (AvgIpc) is 3.09. The van der Waals surface area contributed by atoms with Crippen molar-refractivity contribution in [3.05, 3.63) is 76.7 Å². The Hall–Kier alpha value is -3.05. The molecule has 0 aromatic heterocycles. The molecule has 4 rings (SSSR count). The fourth-order valence-electron chi connectivity index (χ4n) is 3.25. The van der Waals surface area contributed by atoms with Gasteiger partial charge in [-0.3, -0.25) is 4.79 Å². The molecule has 1 amide bonds. The van der Waals surface area contributed by atoms with E-state index in [1.54, 1.807) is 0 Å². The van der Waals surface area contributed by atoms with E-state index in [9.17, 15) is 4.79 Å². The Bertz CT molecular complexity index is 1120. The van der Waals surface area contributed by atoms with Gasteiger partial charge < -0.3 is 10.1 Å². The number of aryl methyl sites for hydroxylation is 1. The van der Waals surface area contributed by atoms with Gasteiger partial charge in [0.2, 0.25) is 0 Å². The summed E-state index contributed by atoms with van der Waals surface area (Å²) in [6.45, 7) is 4.71. The number of rotatable bonds is 5. The first-order chi connectivity index (χ1) is 14.2. The van der Waals surface area contributed by atoms with Gasteiger partial charge in [-0.05, 0) is 65.9 Å². The highest BCUT2D eigenvalue weighted by molar-refractivity contribution is 8.18. The number of ether oxygens (including phenoxy) is 1. The van der Waals surface area contributed by atoms with E-state index in [2.05, 4.69) is 29.4 Å². The molecule has 29 heavy (non-hydrogen) atoms. The number of aliphatic imine (C=N–C) groups is 1. The molecule has 3 aromatic carbocycles. The SMILES string of the molecule is CCOc1ccc(/C=C2\SC(=Nc3ccc(CC)cc3)NC2=O)c2ccccc12. The maximum Gasteiger partial charge on any atom is 0.264 e. The summed E-state index contributed by atoms with van der Waals surface area (Å²) >= 11 is 1.36. The second-order valence-electron chi connectivity index (χ2n) is 6.63. The predicted octanol–water partition coefficient (Wildman–Crippen LogP) is 5.69. The maximum absolute atomic E-state index is 12.5. The van der Waals surface area contributed by atoms with E-state index >= 15 is 0 Å². The van der Waals surface area contributed by atoms with Gasteiger partial charge in [-0.15, -0.1) is 0 Å². The van der Waals surface area contributed by atoms with Crippen molar-refractivity contribution >= 4 is 45.4 Å². The molecule has 1 aliphatic heterocycles. The molecule has 0 aliphatic carbocycles. The minimum atomic E-state index is -0.128. The van der Waals surface area contributed by atoms with Crippen LogP contribution in [0.5, 0.6) is 5.75 Å². The number of hydrogen-bond acceptors (Lipinski definition) is 4. The zero-order chi connectivity index (χ0) is 20.2. The molecule has 0 unspecified atom stereocenters. The summed E-state index contributed by atoms with van der Waals surface area (Å²) in [5, 5.41) is 5.55. The highest BCUT2D eigenvalue weighted by Gasteiger charge is 2.24. The molecule has 1 saturated heterocycles. The summed E-state index contributed by atoms with van der Waals surface area (Å²) < 4.78 is 5.74. The first-order valence-electron chi connectivity index (χ1n) is 9.71. The molecule has 146 valence electrons. The van der Waals surface area contributed by atoms with Gasteiger partial charge in [0, 0.05) is 5.39 Å². The second-order valence-corrected chi connectivity index (χ2v) is 7.66. The number of hydrogen-bond donors (Lipinski definition) is 1. The smallest absolute Gasteiger partial charge is 0.264 e. The van der Waals surface area contributed by atoms with E-state index in [1.165, 1.54) is 17.3 Å². The Morgan fingerprint density at radius 2 is 1.76 bits per heavy atom. The summed E-state index contributed by atoms with van der Waals surface area (Å²) in [7, 11) is 0. The van der Waals surface area contributed by atoms with E-state index in [4.69, 9.17) is 4.74 Å². The van der Waals surface area contributed by atoms with Crippen LogP contribution in [0.1, 0.15) is 25.0 Å². The zero-order valence-corrected chi connectivity index (χ0v) is 17.3. The number of amides is 1. The lowest BCUT2D eigenvalue weighted by atomic mass is 10.0. The van der Waals surface area contributed by atoms with Crippen molar-refractivity contribution in [3.63, 3.8) is 0 Å². The van der Waals surface area contributed by atoms with Gasteiger partial charge in [0.05, 0.1) is 17.2 Å². The fraction of sp³-hybridized carbons (Fsp3) is 0.167. The van der Waals surface area contributed by atoms with Gasteiger partial charge in [-0.2, -0.15) is 0 Å². The summed E-state index contributed by atoms with van der Waals surface area (Å²) in [5.41, 5.74) is 3.08. The lowest BCUT2D eigenvalue weighted by Crippen LogP contribution is -2.19.